The minimum absolute atomic E-state index is 0. The number of aromatic nitrogens is 1. The van der Waals surface area contributed by atoms with Gasteiger partial charge in [-0.05, 0) is 55.2 Å². The summed E-state index contributed by atoms with van der Waals surface area (Å²) in [6.45, 7) is 6.04. The average Bonchev–Trinajstić information content (AvgIpc) is 3.12. The molecule has 5 nitrogen and oxygen atoms in total. The standard InChI is InChI=1S/C20H19ClFN3O2S.ClH/c1-20(2)10-25(6-5-23-20)19(27)14-8-11(7-12-9-24-28-18(12)14)13-3-4-15(26)17(22)16(13)21;/h3-4,7-9,23,26H,5-6,10H2,1-2H3;1H. The second-order valence-corrected chi connectivity index (χ2v) is 8.75. The summed E-state index contributed by atoms with van der Waals surface area (Å²) in [4.78, 5) is 15.1. The number of halogens is 3. The van der Waals surface area contributed by atoms with Crippen molar-refractivity contribution >= 4 is 51.5 Å². The normalized spacial score (nSPS) is 15.9. The van der Waals surface area contributed by atoms with Gasteiger partial charge in [0.1, 0.15) is 0 Å². The molecule has 0 unspecified atom stereocenters. The minimum Gasteiger partial charge on any atom is -0.505 e. The molecular weight excluding hydrogens is 436 g/mol. The number of phenolic OH excluding ortho intramolecular Hbond substituents is 1. The summed E-state index contributed by atoms with van der Waals surface area (Å²) in [5, 5.41) is 13.6. The van der Waals surface area contributed by atoms with E-state index in [9.17, 15) is 14.3 Å². The van der Waals surface area contributed by atoms with Crippen molar-refractivity contribution in [2.75, 3.05) is 19.6 Å². The third kappa shape index (κ3) is 4.05. The number of carbonyl (C=O) groups excluding carboxylic acids is 1. The SMILES string of the molecule is CC1(C)CN(C(=O)c2cc(-c3ccc(O)c(F)c3Cl)cc3cnsc23)CCN1.Cl. The van der Waals surface area contributed by atoms with Crippen molar-refractivity contribution in [3.8, 4) is 16.9 Å². The zero-order chi connectivity index (χ0) is 20.1. The van der Waals surface area contributed by atoms with E-state index in [2.05, 4.69) is 23.5 Å². The van der Waals surface area contributed by atoms with Crippen molar-refractivity contribution in [1.82, 2.24) is 14.6 Å². The van der Waals surface area contributed by atoms with Crippen molar-refractivity contribution in [2.24, 2.45) is 0 Å². The number of carbonyl (C=O) groups is 1. The van der Waals surface area contributed by atoms with Crippen LogP contribution in [0, 0.1) is 5.82 Å². The first-order valence-corrected chi connectivity index (χ1v) is 10.0. The van der Waals surface area contributed by atoms with Crippen LogP contribution in [-0.2, 0) is 0 Å². The molecule has 0 radical (unpaired) electrons. The van der Waals surface area contributed by atoms with Gasteiger partial charge in [-0.3, -0.25) is 4.79 Å². The smallest absolute Gasteiger partial charge is 0.255 e. The van der Waals surface area contributed by atoms with Crippen LogP contribution in [-0.4, -0.2) is 45.5 Å². The van der Waals surface area contributed by atoms with Gasteiger partial charge in [0.25, 0.3) is 5.91 Å². The molecule has 0 saturated carbocycles. The van der Waals surface area contributed by atoms with E-state index in [1.165, 1.54) is 17.6 Å². The maximum Gasteiger partial charge on any atom is 0.255 e. The molecule has 1 saturated heterocycles. The van der Waals surface area contributed by atoms with Gasteiger partial charge < -0.3 is 15.3 Å². The molecule has 0 bridgehead atoms. The molecule has 1 aliphatic rings. The molecule has 154 valence electrons. The van der Waals surface area contributed by atoms with Crippen molar-refractivity contribution < 1.29 is 14.3 Å². The Balaban J connectivity index is 0.00000240. The fraction of sp³-hybridized carbons (Fsp3) is 0.300. The first kappa shape index (κ1) is 21.8. The molecule has 4 rings (SSSR count). The number of hydrogen-bond donors (Lipinski definition) is 2. The first-order valence-electron chi connectivity index (χ1n) is 8.87. The van der Waals surface area contributed by atoms with Crippen LogP contribution >= 0.6 is 35.5 Å². The summed E-state index contributed by atoms with van der Waals surface area (Å²) in [6.07, 6.45) is 1.69. The molecule has 3 aromatic rings. The van der Waals surface area contributed by atoms with E-state index in [0.717, 1.165) is 16.6 Å². The molecule has 1 fully saturated rings. The van der Waals surface area contributed by atoms with Crippen LogP contribution in [0.3, 0.4) is 0 Å². The van der Waals surface area contributed by atoms with E-state index in [0.29, 0.717) is 29.8 Å². The third-order valence-electron chi connectivity index (χ3n) is 4.92. The Labute approximate surface area is 183 Å². The lowest BCUT2D eigenvalue weighted by Crippen LogP contribution is -2.58. The number of amides is 1. The van der Waals surface area contributed by atoms with Crippen molar-refractivity contribution in [3.05, 3.63) is 46.9 Å². The number of nitrogens with one attached hydrogen (secondary N) is 1. The van der Waals surface area contributed by atoms with E-state index in [1.807, 2.05) is 11.0 Å². The van der Waals surface area contributed by atoms with Gasteiger partial charge in [-0.2, -0.15) is 4.37 Å². The second-order valence-electron chi connectivity index (χ2n) is 7.57. The lowest BCUT2D eigenvalue weighted by atomic mass is 9.98. The molecule has 2 heterocycles. The topological polar surface area (TPSA) is 65.5 Å². The lowest BCUT2D eigenvalue weighted by molar-refractivity contribution is 0.0654. The monoisotopic (exact) mass is 455 g/mol. The molecule has 0 atom stereocenters. The Morgan fingerprint density at radius 2 is 2.14 bits per heavy atom. The molecule has 1 aliphatic heterocycles. The number of benzene rings is 2. The minimum atomic E-state index is -0.876. The number of aromatic hydroxyl groups is 1. The molecule has 29 heavy (non-hydrogen) atoms. The number of hydrogen-bond acceptors (Lipinski definition) is 5. The molecule has 1 aromatic heterocycles. The Kier molecular flexibility index (Phi) is 6.06. The van der Waals surface area contributed by atoms with Crippen molar-refractivity contribution in [1.29, 1.82) is 0 Å². The van der Waals surface area contributed by atoms with Crippen LogP contribution in [0.1, 0.15) is 24.2 Å². The van der Waals surface area contributed by atoms with Gasteiger partial charge in [0.05, 0.1) is 15.3 Å². The largest absolute Gasteiger partial charge is 0.505 e. The van der Waals surface area contributed by atoms with Crippen molar-refractivity contribution in [3.63, 3.8) is 0 Å². The summed E-state index contributed by atoms with van der Waals surface area (Å²) in [7, 11) is 0. The molecule has 1 amide bonds. The predicted octanol–water partition coefficient (Wildman–Crippen LogP) is 4.71. The highest BCUT2D eigenvalue weighted by Crippen LogP contribution is 2.37. The Hall–Kier alpha value is -1.93. The zero-order valence-electron chi connectivity index (χ0n) is 15.8. The molecule has 0 aliphatic carbocycles. The van der Waals surface area contributed by atoms with Crippen molar-refractivity contribution in [2.45, 2.75) is 19.4 Å². The van der Waals surface area contributed by atoms with E-state index >= 15 is 0 Å². The van der Waals surface area contributed by atoms with Crippen LogP contribution in [0.5, 0.6) is 5.75 Å². The van der Waals surface area contributed by atoms with Crippen LogP contribution < -0.4 is 5.32 Å². The number of fused-ring (bicyclic) bond motifs is 1. The van der Waals surface area contributed by atoms with E-state index < -0.39 is 11.6 Å². The third-order valence-corrected chi connectivity index (χ3v) is 6.13. The van der Waals surface area contributed by atoms with Gasteiger partial charge in [0, 0.05) is 42.3 Å². The van der Waals surface area contributed by atoms with Crippen LogP contribution in [0.25, 0.3) is 21.2 Å². The fourth-order valence-corrected chi connectivity index (χ4v) is 4.55. The molecule has 0 spiro atoms. The Bertz CT molecular complexity index is 1090. The zero-order valence-corrected chi connectivity index (χ0v) is 18.2. The number of nitrogens with zero attached hydrogens (tertiary/aromatic N) is 2. The number of piperazine rings is 1. The van der Waals surface area contributed by atoms with Gasteiger partial charge in [-0.15, -0.1) is 12.4 Å². The number of phenols is 1. The van der Waals surface area contributed by atoms with Crippen LogP contribution in [0.2, 0.25) is 5.02 Å². The molecule has 9 heteroatoms. The van der Waals surface area contributed by atoms with Gasteiger partial charge in [-0.1, -0.05) is 11.6 Å². The average molecular weight is 456 g/mol. The summed E-state index contributed by atoms with van der Waals surface area (Å²) in [5.41, 5.74) is 1.38. The van der Waals surface area contributed by atoms with Gasteiger partial charge in [0.15, 0.2) is 11.6 Å². The first-order chi connectivity index (χ1) is 13.3. The maximum atomic E-state index is 14.1. The molecule has 2 aromatic carbocycles. The fourth-order valence-electron chi connectivity index (χ4n) is 3.55. The van der Waals surface area contributed by atoms with Crippen LogP contribution in [0.4, 0.5) is 4.39 Å². The van der Waals surface area contributed by atoms with Gasteiger partial charge in [0.2, 0.25) is 0 Å². The lowest BCUT2D eigenvalue weighted by Gasteiger charge is -2.39. The predicted molar refractivity (Wildman–Crippen MR) is 117 cm³/mol. The van der Waals surface area contributed by atoms with E-state index in [4.69, 9.17) is 11.6 Å². The van der Waals surface area contributed by atoms with Gasteiger partial charge in [-0.25, -0.2) is 4.39 Å². The summed E-state index contributed by atoms with van der Waals surface area (Å²) < 4.78 is 19.1. The van der Waals surface area contributed by atoms with Gasteiger partial charge >= 0.3 is 0 Å². The quantitative estimate of drug-likeness (QED) is 0.587. The maximum absolute atomic E-state index is 14.1. The van der Waals surface area contributed by atoms with E-state index in [-0.39, 0.29) is 28.9 Å². The Morgan fingerprint density at radius 3 is 2.86 bits per heavy atom. The molecular formula is C20H20Cl2FN3O2S. The molecule has 2 N–H and O–H groups in total. The van der Waals surface area contributed by atoms with E-state index in [1.54, 1.807) is 18.3 Å². The second kappa shape index (κ2) is 8.07. The highest BCUT2D eigenvalue weighted by Gasteiger charge is 2.30. The number of rotatable bonds is 2. The summed E-state index contributed by atoms with van der Waals surface area (Å²) >= 11 is 7.38. The Morgan fingerprint density at radius 1 is 1.38 bits per heavy atom. The highest BCUT2D eigenvalue weighted by atomic mass is 35.5. The summed E-state index contributed by atoms with van der Waals surface area (Å²) in [6, 6.07) is 6.36. The highest BCUT2D eigenvalue weighted by molar-refractivity contribution is 7.13. The van der Waals surface area contributed by atoms with Crippen LogP contribution in [0.15, 0.2) is 30.5 Å². The summed E-state index contributed by atoms with van der Waals surface area (Å²) in [5.74, 6) is -1.47.